The van der Waals surface area contributed by atoms with Gasteiger partial charge < -0.3 is 14.3 Å². The highest BCUT2D eigenvalue weighted by atomic mass is 16.5. The predicted octanol–water partition coefficient (Wildman–Crippen LogP) is 4.53. The molecule has 0 aliphatic heterocycles. The maximum atomic E-state index is 5.27. The Morgan fingerprint density at radius 3 is 2.75 bits per heavy atom. The summed E-state index contributed by atoms with van der Waals surface area (Å²) in [5, 5.41) is 0. The number of nitrogens with one attached hydrogen (secondary N) is 1. The monoisotopic (exact) mass is 422 g/mol. The van der Waals surface area contributed by atoms with Crippen LogP contribution in [-0.2, 0) is 5.54 Å². The van der Waals surface area contributed by atoms with Crippen molar-refractivity contribution in [3.8, 4) is 28.8 Å². The van der Waals surface area contributed by atoms with E-state index in [-0.39, 0.29) is 5.54 Å². The summed E-state index contributed by atoms with van der Waals surface area (Å²) in [4.78, 5) is 21.2. The third-order valence-corrected chi connectivity index (χ3v) is 5.25. The van der Waals surface area contributed by atoms with Crippen LogP contribution >= 0.6 is 0 Å². The van der Waals surface area contributed by atoms with Gasteiger partial charge in [0.1, 0.15) is 11.2 Å². The molecule has 0 fully saturated rings. The van der Waals surface area contributed by atoms with Crippen LogP contribution < -0.4 is 4.74 Å². The molecule has 0 aliphatic carbocycles. The largest absolute Gasteiger partial charge is 0.480 e. The molecule has 0 spiro atoms. The zero-order valence-electron chi connectivity index (χ0n) is 18.3. The van der Waals surface area contributed by atoms with Gasteiger partial charge >= 0.3 is 0 Å². The number of ether oxygens (including phenoxy) is 1. The first-order chi connectivity index (χ1) is 15.4. The quantitative estimate of drug-likeness (QED) is 0.423. The standard InChI is InChI=1S/C25H22N6O/c1-25(2,3)31-15-29-20-10-8-17(12-21(20)31)19-14-28-23-22(19)30-18(13-27-23)9-7-16-6-5-11-26-24(16)32-4/h5-6,8,10-15H,1-4H3,(H,27,28). The minimum Gasteiger partial charge on any atom is -0.480 e. The summed E-state index contributed by atoms with van der Waals surface area (Å²) >= 11 is 0. The number of methoxy groups -OCH3 is 1. The van der Waals surface area contributed by atoms with E-state index in [1.54, 1.807) is 19.5 Å². The predicted molar refractivity (Wildman–Crippen MR) is 124 cm³/mol. The van der Waals surface area contributed by atoms with Crippen molar-refractivity contribution in [2.24, 2.45) is 0 Å². The lowest BCUT2D eigenvalue weighted by Gasteiger charge is -2.21. The highest BCUT2D eigenvalue weighted by Crippen LogP contribution is 2.30. The van der Waals surface area contributed by atoms with Crippen LogP contribution in [0.25, 0.3) is 33.3 Å². The van der Waals surface area contributed by atoms with Gasteiger partial charge in [0.15, 0.2) is 5.65 Å². The summed E-state index contributed by atoms with van der Waals surface area (Å²) in [7, 11) is 1.58. The molecule has 4 aromatic heterocycles. The number of aromatic amines is 1. The number of nitrogens with zero attached hydrogens (tertiary/aromatic N) is 5. The lowest BCUT2D eigenvalue weighted by molar-refractivity contribution is 0.396. The summed E-state index contributed by atoms with van der Waals surface area (Å²) in [5.41, 5.74) is 6.76. The Morgan fingerprint density at radius 1 is 1.06 bits per heavy atom. The fraction of sp³-hybridized carbons (Fsp3) is 0.200. The van der Waals surface area contributed by atoms with Crippen LogP contribution in [-0.4, -0.2) is 36.6 Å². The number of pyridine rings is 1. The summed E-state index contributed by atoms with van der Waals surface area (Å²) < 4.78 is 7.45. The average Bonchev–Trinajstić information content (AvgIpc) is 3.41. The number of rotatable bonds is 2. The van der Waals surface area contributed by atoms with Crippen molar-refractivity contribution in [3.63, 3.8) is 0 Å². The van der Waals surface area contributed by atoms with E-state index < -0.39 is 0 Å². The van der Waals surface area contributed by atoms with E-state index in [9.17, 15) is 0 Å². The van der Waals surface area contributed by atoms with Crippen molar-refractivity contribution in [3.05, 3.63) is 66.5 Å². The Bertz CT molecular complexity index is 1510. The van der Waals surface area contributed by atoms with E-state index in [2.05, 4.69) is 69.2 Å². The lowest BCUT2D eigenvalue weighted by atomic mass is 10.1. The molecule has 0 atom stereocenters. The van der Waals surface area contributed by atoms with Gasteiger partial charge in [0.25, 0.3) is 0 Å². The van der Waals surface area contributed by atoms with Crippen LogP contribution in [0.2, 0.25) is 0 Å². The first-order valence-corrected chi connectivity index (χ1v) is 10.3. The maximum Gasteiger partial charge on any atom is 0.229 e. The molecule has 32 heavy (non-hydrogen) atoms. The molecule has 0 bridgehead atoms. The second kappa shape index (κ2) is 7.50. The molecule has 0 unspecified atom stereocenters. The first kappa shape index (κ1) is 19.8. The summed E-state index contributed by atoms with van der Waals surface area (Å²) in [6.45, 7) is 6.50. The zero-order valence-corrected chi connectivity index (χ0v) is 18.3. The molecule has 0 aliphatic rings. The first-order valence-electron chi connectivity index (χ1n) is 10.3. The van der Waals surface area contributed by atoms with E-state index >= 15 is 0 Å². The van der Waals surface area contributed by atoms with Crippen molar-refractivity contribution in [2.75, 3.05) is 7.11 Å². The Morgan fingerprint density at radius 2 is 1.94 bits per heavy atom. The van der Waals surface area contributed by atoms with Gasteiger partial charge in [-0.05, 0) is 56.5 Å². The van der Waals surface area contributed by atoms with Crippen LogP contribution in [0.3, 0.4) is 0 Å². The smallest absolute Gasteiger partial charge is 0.229 e. The van der Waals surface area contributed by atoms with Gasteiger partial charge in [0.05, 0.1) is 36.2 Å². The van der Waals surface area contributed by atoms with Crippen LogP contribution in [0.4, 0.5) is 0 Å². The number of fused-ring (bicyclic) bond motifs is 2. The van der Waals surface area contributed by atoms with Crippen molar-refractivity contribution in [2.45, 2.75) is 26.3 Å². The Hall–Kier alpha value is -4.18. The zero-order chi connectivity index (χ0) is 22.3. The van der Waals surface area contributed by atoms with E-state index in [0.717, 1.165) is 27.7 Å². The fourth-order valence-corrected chi connectivity index (χ4v) is 3.66. The summed E-state index contributed by atoms with van der Waals surface area (Å²) in [6, 6.07) is 9.93. The van der Waals surface area contributed by atoms with Gasteiger partial charge in [-0.3, -0.25) is 0 Å². The number of aromatic nitrogens is 6. The molecular formula is C25H22N6O. The van der Waals surface area contributed by atoms with E-state index in [4.69, 9.17) is 9.72 Å². The van der Waals surface area contributed by atoms with Gasteiger partial charge in [0, 0.05) is 23.5 Å². The third kappa shape index (κ3) is 3.46. The highest BCUT2D eigenvalue weighted by molar-refractivity contribution is 5.93. The molecule has 5 rings (SSSR count). The molecule has 0 amide bonds. The fourth-order valence-electron chi connectivity index (χ4n) is 3.66. The molecule has 7 heteroatoms. The number of hydrogen-bond donors (Lipinski definition) is 1. The molecule has 158 valence electrons. The molecule has 0 saturated carbocycles. The normalized spacial score (nSPS) is 11.5. The van der Waals surface area contributed by atoms with Gasteiger partial charge in [-0.25, -0.2) is 19.9 Å². The molecule has 7 nitrogen and oxygen atoms in total. The van der Waals surface area contributed by atoms with Crippen LogP contribution in [0.15, 0.2) is 55.2 Å². The van der Waals surface area contributed by atoms with Gasteiger partial charge in [-0.2, -0.15) is 0 Å². The van der Waals surface area contributed by atoms with Crippen LogP contribution in [0.5, 0.6) is 5.88 Å². The number of benzene rings is 1. The summed E-state index contributed by atoms with van der Waals surface area (Å²) in [5.74, 6) is 6.64. The molecule has 5 aromatic rings. The van der Waals surface area contributed by atoms with Crippen molar-refractivity contribution < 1.29 is 4.74 Å². The Labute approximate surface area is 185 Å². The van der Waals surface area contributed by atoms with Crippen molar-refractivity contribution in [1.29, 1.82) is 0 Å². The van der Waals surface area contributed by atoms with Gasteiger partial charge in [-0.1, -0.05) is 12.0 Å². The SMILES string of the molecule is COc1ncccc1C#Cc1cnc2[nH]cc(-c3ccc4ncn(C(C)(C)C)c4c3)c2n1. The summed E-state index contributed by atoms with van der Waals surface area (Å²) in [6.07, 6.45) is 7.16. The van der Waals surface area contributed by atoms with Crippen LogP contribution in [0, 0.1) is 11.8 Å². The van der Waals surface area contributed by atoms with Crippen LogP contribution in [0.1, 0.15) is 32.0 Å². The van der Waals surface area contributed by atoms with E-state index in [0.29, 0.717) is 22.8 Å². The Kier molecular flexibility index (Phi) is 4.63. The Balaban J connectivity index is 1.59. The second-order valence-corrected chi connectivity index (χ2v) is 8.45. The third-order valence-electron chi connectivity index (χ3n) is 5.25. The van der Waals surface area contributed by atoms with E-state index in [1.807, 2.05) is 30.7 Å². The van der Waals surface area contributed by atoms with Crippen molar-refractivity contribution >= 4 is 22.2 Å². The minimum atomic E-state index is -0.0660. The molecule has 1 N–H and O–H groups in total. The average molecular weight is 422 g/mol. The maximum absolute atomic E-state index is 5.27. The minimum absolute atomic E-state index is 0.0660. The topological polar surface area (TPSA) is 81.5 Å². The van der Waals surface area contributed by atoms with Crippen molar-refractivity contribution in [1.82, 2.24) is 29.5 Å². The van der Waals surface area contributed by atoms with E-state index in [1.165, 1.54) is 0 Å². The number of imidazole rings is 1. The van der Waals surface area contributed by atoms with Gasteiger partial charge in [0.2, 0.25) is 5.88 Å². The molecule has 0 radical (unpaired) electrons. The molecule has 1 aromatic carbocycles. The lowest BCUT2D eigenvalue weighted by Crippen LogP contribution is -2.20. The molecule has 0 saturated heterocycles. The molecular weight excluding hydrogens is 400 g/mol. The number of hydrogen-bond acceptors (Lipinski definition) is 5. The second-order valence-electron chi connectivity index (χ2n) is 8.45. The number of H-pyrrole nitrogens is 1. The molecule has 4 heterocycles. The highest BCUT2D eigenvalue weighted by Gasteiger charge is 2.17. The van der Waals surface area contributed by atoms with Gasteiger partial charge in [-0.15, -0.1) is 0 Å².